The Labute approximate surface area is 217 Å². The fourth-order valence-corrected chi connectivity index (χ4v) is 4.25. The molecule has 12 heteroatoms. The monoisotopic (exact) mass is 535 g/mol. The zero-order valence-electron chi connectivity index (χ0n) is 21.0. The number of halogens is 3. The summed E-state index contributed by atoms with van der Waals surface area (Å²) in [5.74, 6) is 0.349. The normalized spacial score (nSPS) is 13.2. The second-order valence-corrected chi connectivity index (χ2v) is 9.96. The van der Waals surface area contributed by atoms with Gasteiger partial charge in [0, 0.05) is 18.3 Å². The van der Waals surface area contributed by atoms with Gasteiger partial charge in [-0.05, 0) is 55.3 Å². The predicted molar refractivity (Wildman–Crippen MR) is 134 cm³/mol. The molecule has 8 nitrogen and oxygen atoms in total. The number of amides is 2. The molecule has 2 unspecified atom stereocenters. The van der Waals surface area contributed by atoms with E-state index in [1.54, 1.807) is 49.9 Å². The second kappa shape index (κ2) is 11.7. The van der Waals surface area contributed by atoms with Crippen LogP contribution in [0.15, 0.2) is 53.7 Å². The van der Waals surface area contributed by atoms with Crippen molar-refractivity contribution in [2.45, 2.75) is 43.4 Å². The lowest BCUT2D eigenvalue weighted by Gasteiger charge is -2.22. The van der Waals surface area contributed by atoms with Crippen LogP contribution in [-0.4, -0.2) is 38.9 Å². The fraction of sp³-hybridized carbons (Fsp3) is 0.360. The molecule has 1 heterocycles. The van der Waals surface area contributed by atoms with Crippen LogP contribution in [-0.2, 0) is 18.0 Å². The maximum absolute atomic E-state index is 13.0. The van der Waals surface area contributed by atoms with Crippen LogP contribution in [0.2, 0.25) is 0 Å². The quantitative estimate of drug-likeness (QED) is 0.371. The minimum atomic E-state index is -4.51. The van der Waals surface area contributed by atoms with Crippen LogP contribution in [0.5, 0.6) is 5.75 Å². The summed E-state index contributed by atoms with van der Waals surface area (Å²) < 4.78 is 45.7. The number of carbonyl (C=O) groups excluding carboxylic acids is 2. The molecule has 2 aromatic carbocycles. The molecule has 3 rings (SSSR count). The standard InChI is InChI=1S/C25H28F3N5O3S/c1-14(2)20(30-23(35)16-9-11-19(36-5)12-10-16)21-31-32-24(33(21)4)37-15(3)22(34)29-18-8-6-7-17(13-18)25(26,27)28/h6-15,20H,1-5H3,(H,29,34)(H,30,35). The molecule has 0 saturated heterocycles. The number of ether oxygens (including phenoxy) is 1. The number of carbonyl (C=O) groups is 2. The molecule has 0 radical (unpaired) electrons. The zero-order chi connectivity index (χ0) is 27.3. The number of aromatic nitrogens is 3. The van der Waals surface area contributed by atoms with E-state index in [0.29, 0.717) is 22.3 Å². The van der Waals surface area contributed by atoms with E-state index in [4.69, 9.17) is 4.74 Å². The Morgan fingerprint density at radius 1 is 1.05 bits per heavy atom. The van der Waals surface area contributed by atoms with Gasteiger partial charge in [-0.25, -0.2) is 0 Å². The summed E-state index contributed by atoms with van der Waals surface area (Å²) in [6.45, 7) is 5.49. The molecule has 198 valence electrons. The van der Waals surface area contributed by atoms with E-state index in [1.165, 1.54) is 12.1 Å². The van der Waals surface area contributed by atoms with Crippen molar-refractivity contribution in [1.29, 1.82) is 0 Å². The van der Waals surface area contributed by atoms with E-state index in [0.717, 1.165) is 23.9 Å². The third-order valence-electron chi connectivity index (χ3n) is 5.56. The van der Waals surface area contributed by atoms with E-state index in [2.05, 4.69) is 20.8 Å². The maximum atomic E-state index is 13.0. The average molecular weight is 536 g/mol. The molecular formula is C25H28F3N5O3S. The summed E-state index contributed by atoms with van der Waals surface area (Å²) in [5, 5.41) is 13.7. The summed E-state index contributed by atoms with van der Waals surface area (Å²) in [7, 11) is 3.27. The van der Waals surface area contributed by atoms with Crippen molar-refractivity contribution >= 4 is 29.3 Å². The lowest BCUT2D eigenvalue weighted by atomic mass is 10.0. The Morgan fingerprint density at radius 2 is 1.73 bits per heavy atom. The number of alkyl halides is 3. The first-order chi connectivity index (χ1) is 17.4. The van der Waals surface area contributed by atoms with Gasteiger partial charge in [-0.1, -0.05) is 31.7 Å². The summed E-state index contributed by atoms with van der Waals surface area (Å²) >= 11 is 1.11. The molecule has 2 amide bonds. The molecule has 37 heavy (non-hydrogen) atoms. The Kier molecular flexibility index (Phi) is 8.85. The maximum Gasteiger partial charge on any atom is 0.416 e. The Balaban J connectivity index is 1.70. The van der Waals surface area contributed by atoms with Crippen molar-refractivity contribution in [1.82, 2.24) is 20.1 Å². The molecular weight excluding hydrogens is 507 g/mol. The van der Waals surface area contributed by atoms with Crippen LogP contribution < -0.4 is 15.4 Å². The number of nitrogens with zero attached hydrogens (tertiary/aromatic N) is 3. The SMILES string of the molecule is COc1ccc(C(=O)NC(c2nnc(SC(C)C(=O)Nc3cccc(C(F)(F)F)c3)n2C)C(C)C)cc1. The van der Waals surface area contributed by atoms with Gasteiger partial charge < -0.3 is 19.9 Å². The van der Waals surface area contributed by atoms with E-state index in [1.807, 2.05) is 13.8 Å². The fourth-order valence-electron chi connectivity index (χ4n) is 3.42. The highest BCUT2D eigenvalue weighted by Gasteiger charge is 2.31. The van der Waals surface area contributed by atoms with Crippen molar-refractivity contribution < 1.29 is 27.5 Å². The first-order valence-corrected chi connectivity index (χ1v) is 12.3. The summed E-state index contributed by atoms with van der Waals surface area (Å²) in [6, 6.07) is 10.7. The molecule has 1 aromatic heterocycles. The van der Waals surface area contributed by atoms with Crippen LogP contribution in [0.1, 0.15) is 48.6 Å². The van der Waals surface area contributed by atoms with Crippen molar-refractivity contribution in [2.24, 2.45) is 13.0 Å². The second-order valence-electron chi connectivity index (χ2n) is 8.65. The van der Waals surface area contributed by atoms with Crippen molar-refractivity contribution in [3.05, 3.63) is 65.5 Å². The molecule has 2 N–H and O–H groups in total. The number of nitrogens with one attached hydrogen (secondary N) is 2. The van der Waals surface area contributed by atoms with Gasteiger partial charge in [-0.3, -0.25) is 9.59 Å². The Bertz CT molecular complexity index is 1250. The van der Waals surface area contributed by atoms with E-state index < -0.39 is 28.9 Å². The molecule has 3 aromatic rings. The van der Waals surface area contributed by atoms with Gasteiger partial charge in [0.1, 0.15) is 5.75 Å². The smallest absolute Gasteiger partial charge is 0.416 e. The van der Waals surface area contributed by atoms with Gasteiger partial charge in [-0.15, -0.1) is 10.2 Å². The van der Waals surface area contributed by atoms with Crippen LogP contribution in [0, 0.1) is 5.92 Å². The number of thioether (sulfide) groups is 1. The van der Waals surface area contributed by atoms with E-state index >= 15 is 0 Å². The van der Waals surface area contributed by atoms with Gasteiger partial charge in [0.2, 0.25) is 5.91 Å². The molecule has 0 bridgehead atoms. The van der Waals surface area contributed by atoms with Gasteiger partial charge in [-0.2, -0.15) is 13.2 Å². The van der Waals surface area contributed by atoms with Gasteiger partial charge in [0.15, 0.2) is 11.0 Å². The molecule has 0 aliphatic heterocycles. The van der Waals surface area contributed by atoms with Crippen LogP contribution >= 0.6 is 11.8 Å². The first kappa shape index (κ1) is 28.0. The summed E-state index contributed by atoms with van der Waals surface area (Å²) in [5.41, 5.74) is -0.338. The molecule has 0 aliphatic rings. The molecule has 0 spiro atoms. The van der Waals surface area contributed by atoms with Crippen molar-refractivity contribution in [3.8, 4) is 5.75 Å². The lowest BCUT2D eigenvalue weighted by molar-refractivity contribution is -0.137. The average Bonchev–Trinajstić information content (AvgIpc) is 3.21. The van der Waals surface area contributed by atoms with E-state index in [9.17, 15) is 22.8 Å². The number of hydrogen-bond donors (Lipinski definition) is 2. The van der Waals surface area contributed by atoms with Crippen LogP contribution in [0.25, 0.3) is 0 Å². The third kappa shape index (κ3) is 7.03. The number of rotatable bonds is 9. The lowest BCUT2D eigenvalue weighted by Crippen LogP contribution is -2.33. The zero-order valence-corrected chi connectivity index (χ0v) is 21.8. The van der Waals surface area contributed by atoms with Gasteiger partial charge in [0.25, 0.3) is 5.91 Å². The van der Waals surface area contributed by atoms with Crippen molar-refractivity contribution in [2.75, 3.05) is 12.4 Å². The number of methoxy groups -OCH3 is 1. The summed E-state index contributed by atoms with van der Waals surface area (Å²) in [6.07, 6.45) is -4.51. The Morgan fingerprint density at radius 3 is 2.32 bits per heavy atom. The topological polar surface area (TPSA) is 98.1 Å². The van der Waals surface area contributed by atoms with E-state index in [-0.39, 0.29) is 17.5 Å². The largest absolute Gasteiger partial charge is 0.497 e. The predicted octanol–water partition coefficient (Wildman–Crippen LogP) is 5.09. The van der Waals surface area contributed by atoms with Gasteiger partial charge >= 0.3 is 6.18 Å². The Hall–Kier alpha value is -3.54. The third-order valence-corrected chi connectivity index (χ3v) is 6.70. The van der Waals surface area contributed by atoms with Crippen LogP contribution in [0.4, 0.5) is 18.9 Å². The van der Waals surface area contributed by atoms with Gasteiger partial charge in [0.05, 0.1) is 24.0 Å². The van der Waals surface area contributed by atoms with Crippen molar-refractivity contribution in [3.63, 3.8) is 0 Å². The molecule has 0 fully saturated rings. The minimum Gasteiger partial charge on any atom is -0.497 e. The minimum absolute atomic E-state index is 0.0235. The number of benzene rings is 2. The molecule has 0 aliphatic carbocycles. The van der Waals surface area contributed by atoms with Crippen LogP contribution in [0.3, 0.4) is 0 Å². The summed E-state index contributed by atoms with van der Waals surface area (Å²) in [4.78, 5) is 25.5. The first-order valence-electron chi connectivity index (χ1n) is 11.4. The molecule has 0 saturated carbocycles. The highest BCUT2D eigenvalue weighted by atomic mass is 32.2. The molecule has 2 atom stereocenters. The highest BCUT2D eigenvalue weighted by Crippen LogP contribution is 2.31. The highest BCUT2D eigenvalue weighted by molar-refractivity contribution is 8.00. The number of hydrogen-bond acceptors (Lipinski definition) is 6. The number of anilines is 1.